The fraction of sp³-hybridized carbons (Fsp3) is 0.121. The van der Waals surface area contributed by atoms with E-state index in [-0.39, 0.29) is 5.78 Å². The second-order valence-electron chi connectivity index (χ2n) is 9.39. The number of para-hydroxylation sites is 2. The summed E-state index contributed by atoms with van der Waals surface area (Å²) in [5.41, 5.74) is 4.92. The van der Waals surface area contributed by atoms with E-state index < -0.39 is 5.60 Å². The Kier molecular flexibility index (Phi) is 6.65. The Morgan fingerprint density at radius 2 is 1.41 bits per heavy atom. The number of carbonyl (C=O) groups excluding carboxylic acids is 1. The van der Waals surface area contributed by atoms with Crippen molar-refractivity contribution in [3.05, 3.63) is 126 Å². The highest BCUT2D eigenvalue weighted by Gasteiger charge is 2.27. The summed E-state index contributed by atoms with van der Waals surface area (Å²) in [5, 5.41) is 0. The highest BCUT2D eigenvalue weighted by Crippen LogP contribution is 2.40. The van der Waals surface area contributed by atoms with Gasteiger partial charge in [-0.05, 0) is 86.2 Å². The minimum atomic E-state index is -0.503. The normalized spacial score (nSPS) is 13.6. The van der Waals surface area contributed by atoms with Crippen molar-refractivity contribution in [1.82, 2.24) is 0 Å². The highest BCUT2D eigenvalue weighted by atomic mass is 16.5. The van der Waals surface area contributed by atoms with Crippen molar-refractivity contribution in [2.75, 3.05) is 12.0 Å². The van der Waals surface area contributed by atoms with E-state index in [9.17, 15) is 4.79 Å². The summed E-state index contributed by atoms with van der Waals surface area (Å²) in [6.45, 7) is 3.93. The maximum atomic E-state index is 13.2. The Balaban J connectivity index is 1.41. The molecule has 0 saturated heterocycles. The van der Waals surface area contributed by atoms with Crippen molar-refractivity contribution in [1.29, 1.82) is 0 Å². The molecule has 5 rings (SSSR count). The number of rotatable bonds is 7. The lowest BCUT2D eigenvalue weighted by Crippen LogP contribution is -2.28. The van der Waals surface area contributed by atoms with Gasteiger partial charge in [0.15, 0.2) is 5.78 Å². The molecule has 0 spiro atoms. The van der Waals surface area contributed by atoms with E-state index in [1.165, 1.54) is 0 Å². The van der Waals surface area contributed by atoms with Crippen LogP contribution in [-0.2, 0) is 0 Å². The van der Waals surface area contributed by atoms with Crippen LogP contribution < -0.4 is 14.4 Å². The molecule has 0 unspecified atom stereocenters. The lowest BCUT2D eigenvalue weighted by atomic mass is 9.97. The van der Waals surface area contributed by atoms with Crippen LogP contribution in [-0.4, -0.2) is 18.5 Å². The second kappa shape index (κ2) is 10.2. The molecule has 0 saturated carbocycles. The molecule has 0 radical (unpaired) electrons. The van der Waals surface area contributed by atoms with E-state index in [0.717, 1.165) is 28.2 Å². The quantitative estimate of drug-likeness (QED) is 0.194. The number of ketones is 1. The number of fused-ring (bicyclic) bond motifs is 1. The standard InChI is InChI=1S/C33H29NO3/c1-33(2)23-22-29-31(36-3)21-19-28(32(29)37-33)30(35)20-16-24-14-17-27(18-15-24)34(25-10-6-4-7-11-25)26-12-8-5-9-13-26/h4-23H,1-3H3/b20-16+. The predicted octanol–water partition coefficient (Wildman–Crippen LogP) is 8.25. The summed E-state index contributed by atoms with van der Waals surface area (Å²) in [5.74, 6) is 1.11. The molecule has 184 valence electrons. The zero-order valence-electron chi connectivity index (χ0n) is 21.2. The summed E-state index contributed by atoms with van der Waals surface area (Å²) in [6, 6.07) is 32.3. The fourth-order valence-electron chi connectivity index (χ4n) is 4.40. The summed E-state index contributed by atoms with van der Waals surface area (Å²) >= 11 is 0. The number of allylic oxidation sites excluding steroid dienone is 1. The fourth-order valence-corrected chi connectivity index (χ4v) is 4.40. The summed E-state index contributed by atoms with van der Waals surface area (Å²) < 4.78 is 11.6. The van der Waals surface area contributed by atoms with Gasteiger partial charge in [-0.15, -0.1) is 0 Å². The molecule has 4 aromatic carbocycles. The molecule has 4 heteroatoms. The van der Waals surface area contributed by atoms with E-state index in [0.29, 0.717) is 17.1 Å². The summed E-state index contributed by atoms with van der Waals surface area (Å²) in [7, 11) is 1.62. The lowest BCUT2D eigenvalue weighted by Gasteiger charge is -2.29. The summed E-state index contributed by atoms with van der Waals surface area (Å²) in [6.07, 6.45) is 7.36. The Morgan fingerprint density at radius 1 is 0.811 bits per heavy atom. The van der Waals surface area contributed by atoms with Crippen LogP contribution in [0.4, 0.5) is 17.1 Å². The van der Waals surface area contributed by atoms with E-state index >= 15 is 0 Å². The molecule has 0 aromatic heterocycles. The molecule has 0 bridgehead atoms. The number of anilines is 3. The van der Waals surface area contributed by atoms with Crippen LogP contribution >= 0.6 is 0 Å². The zero-order valence-corrected chi connectivity index (χ0v) is 21.2. The molecule has 0 fully saturated rings. The van der Waals surface area contributed by atoms with Crippen molar-refractivity contribution in [3.8, 4) is 11.5 Å². The third-order valence-corrected chi connectivity index (χ3v) is 6.27. The van der Waals surface area contributed by atoms with Crippen LogP contribution in [0.2, 0.25) is 0 Å². The number of methoxy groups -OCH3 is 1. The van der Waals surface area contributed by atoms with E-state index in [1.54, 1.807) is 19.3 Å². The van der Waals surface area contributed by atoms with Gasteiger partial charge in [0.05, 0.1) is 18.2 Å². The molecule has 0 atom stereocenters. The molecule has 4 nitrogen and oxygen atoms in total. The molecule has 4 aromatic rings. The molecular formula is C33H29NO3. The van der Waals surface area contributed by atoms with E-state index in [2.05, 4.69) is 41.3 Å². The van der Waals surface area contributed by atoms with Gasteiger partial charge in [-0.3, -0.25) is 4.79 Å². The first-order chi connectivity index (χ1) is 17.9. The number of hydrogen-bond donors (Lipinski definition) is 0. The molecule has 1 aliphatic rings. The average molecular weight is 488 g/mol. The number of benzene rings is 4. The first-order valence-electron chi connectivity index (χ1n) is 12.3. The molecule has 1 heterocycles. The maximum absolute atomic E-state index is 13.2. The number of nitrogens with zero attached hydrogens (tertiary/aromatic N) is 1. The Bertz CT molecular complexity index is 1410. The van der Waals surface area contributed by atoms with Gasteiger partial charge in [-0.1, -0.05) is 54.6 Å². The van der Waals surface area contributed by atoms with Crippen LogP contribution in [0.3, 0.4) is 0 Å². The van der Waals surface area contributed by atoms with Crippen LogP contribution in [0, 0.1) is 0 Å². The van der Waals surface area contributed by atoms with Crippen LogP contribution in [0.25, 0.3) is 12.2 Å². The summed E-state index contributed by atoms with van der Waals surface area (Å²) in [4.78, 5) is 15.4. The highest BCUT2D eigenvalue weighted by molar-refractivity contribution is 6.09. The number of ether oxygens (including phenoxy) is 2. The van der Waals surface area contributed by atoms with E-state index in [4.69, 9.17) is 9.47 Å². The Hall–Kier alpha value is -4.57. The van der Waals surface area contributed by atoms with Crippen molar-refractivity contribution < 1.29 is 14.3 Å². The van der Waals surface area contributed by atoms with Gasteiger partial charge in [-0.2, -0.15) is 0 Å². The minimum absolute atomic E-state index is 0.121. The Morgan fingerprint density at radius 3 is 2.00 bits per heavy atom. The molecule has 0 aliphatic carbocycles. The molecule has 0 amide bonds. The Labute approximate surface area is 218 Å². The predicted molar refractivity (Wildman–Crippen MR) is 151 cm³/mol. The topological polar surface area (TPSA) is 38.8 Å². The molecular weight excluding hydrogens is 458 g/mol. The van der Waals surface area contributed by atoms with Crippen molar-refractivity contribution in [2.24, 2.45) is 0 Å². The average Bonchev–Trinajstić information content (AvgIpc) is 2.92. The lowest BCUT2D eigenvalue weighted by molar-refractivity contribution is 0.103. The monoisotopic (exact) mass is 487 g/mol. The van der Waals surface area contributed by atoms with Gasteiger partial charge in [-0.25, -0.2) is 0 Å². The van der Waals surface area contributed by atoms with Crippen LogP contribution in [0.15, 0.2) is 109 Å². The third kappa shape index (κ3) is 5.19. The molecule has 0 N–H and O–H groups in total. The van der Waals surface area contributed by atoms with Gasteiger partial charge in [0.1, 0.15) is 17.1 Å². The van der Waals surface area contributed by atoms with Crippen LogP contribution in [0.5, 0.6) is 11.5 Å². The largest absolute Gasteiger partial charge is 0.496 e. The van der Waals surface area contributed by atoms with Gasteiger partial charge in [0.2, 0.25) is 0 Å². The zero-order chi connectivity index (χ0) is 25.8. The SMILES string of the molecule is COc1ccc(C(=O)/C=C/c2ccc(N(c3ccccc3)c3ccccc3)cc2)c2c1C=CC(C)(C)O2. The van der Waals surface area contributed by atoms with Gasteiger partial charge >= 0.3 is 0 Å². The van der Waals surface area contributed by atoms with Crippen molar-refractivity contribution in [2.45, 2.75) is 19.4 Å². The first kappa shape index (κ1) is 24.1. The minimum Gasteiger partial charge on any atom is -0.496 e. The molecule has 1 aliphatic heterocycles. The smallest absolute Gasteiger partial charge is 0.189 e. The number of hydrogen-bond acceptors (Lipinski definition) is 4. The first-order valence-corrected chi connectivity index (χ1v) is 12.3. The maximum Gasteiger partial charge on any atom is 0.189 e. The second-order valence-corrected chi connectivity index (χ2v) is 9.39. The van der Waals surface area contributed by atoms with E-state index in [1.807, 2.05) is 86.7 Å². The van der Waals surface area contributed by atoms with Gasteiger partial charge < -0.3 is 14.4 Å². The van der Waals surface area contributed by atoms with Crippen molar-refractivity contribution in [3.63, 3.8) is 0 Å². The van der Waals surface area contributed by atoms with Crippen molar-refractivity contribution >= 4 is 35.0 Å². The molecule has 37 heavy (non-hydrogen) atoms. The van der Waals surface area contributed by atoms with Gasteiger partial charge in [0.25, 0.3) is 0 Å². The van der Waals surface area contributed by atoms with Gasteiger partial charge in [0, 0.05) is 17.1 Å². The van der Waals surface area contributed by atoms with Crippen LogP contribution in [0.1, 0.15) is 35.3 Å². The number of carbonyl (C=O) groups is 1. The third-order valence-electron chi connectivity index (χ3n) is 6.27.